The second-order valence-electron chi connectivity index (χ2n) is 4.77. The minimum absolute atomic E-state index is 0.0571. The number of aliphatic carboxylic acids is 1. The Bertz CT molecular complexity index is 479. The summed E-state index contributed by atoms with van der Waals surface area (Å²) in [6.45, 7) is 1.52. The number of phenols is 1. The number of aromatic hydroxyl groups is 1. The number of carboxylic acids is 1. The van der Waals surface area contributed by atoms with Crippen molar-refractivity contribution in [3.05, 3.63) is 24.3 Å². The lowest BCUT2D eigenvalue weighted by molar-refractivity contribution is -0.692. The Morgan fingerprint density at radius 1 is 1.33 bits per heavy atom. The van der Waals surface area contributed by atoms with Crippen LogP contribution in [0.1, 0.15) is 12.8 Å². The fraction of sp³-hybridized carbons (Fsp3) is 0.429. The smallest absolute Gasteiger partial charge is 0.230 e. The Labute approximate surface area is 123 Å². The van der Waals surface area contributed by atoms with Gasteiger partial charge in [0.1, 0.15) is 11.8 Å². The number of quaternary nitrogens is 2. The predicted molar refractivity (Wildman–Crippen MR) is 74.3 cm³/mol. The number of hydrogen-bond acceptors (Lipinski definition) is 4. The SMILES string of the molecule is C[NH2+]CCC[NH2+][C@@H](CC(=O)Nc1ccccc1O)C(=O)[O-]. The van der Waals surface area contributed by atoms with E-state index in [9.17, 15) is 19.8 Å². The number of anilines is 1. The molecule has 1 atom stereocenters. The van der Waals surface area contributed by atoms with Crippen molar-refractivity contribution in [3.63, 3.8) is 0 Å². The number of nitrogens with two attached hydrogens (primary N) is 2. The fourth-order valence-corrected chi connectivity index (χ4v) is 1.88. The fourth-order valence-electron chi connectivity index (χ4n) is 1.88. The number of amides is 1. The maximum Gasteiger partial charge on any atom is 0.230 e. The number of carbonyl (C=O) groups is 2. The molecule has 1 rings (SSSR count). The zero-order chi connectivity index (χ0) is 15.7. The molecule has 0 aromatic heterocycles. The summed E-state index contributed by atoms with van der Waals surface area (Å²) < 4.78 is 0. The summed E-state index contributed by atoms with van der Waals surface area (Å²) in [6, 6.07) is 5.36. The lowest BCUT2D eigenvalue weighted by Crippen LogP contribution is -2.94. The summed E-state index contributed by atoms with van der Waals surface area (Å²) in [6.07, 6.45) is 0.647. The highest BCUT2D eigenvalue weighted by Crippen LogP contribution is 2.21. The Balaban J connectivity index is 2.49. The number of carboxylic acid groups (broad SMARTS) is 1. The molecule has 0 aliphatic carbocycles. The zero-order valence-electron chi connectivity index (χ0n) is 12.0. The lowest BCUT2D eigenvalue weighted by Gasteiger charge is -2.16. The molecule has 1 aromatic carbocycles. The van der Waals surface area contributed by atoms with Gasteiger partial charge >= 0.3 is 0 Å². The molecular formula is C14H22N3O4+. The molecule has 116 valence electrons. The van der Waals surface area contributed by atoms with Crippen molar-refractivity contribution in [1.82, 2.24) is 0 Å². The van der Waals surface area contributed by atoms with E-state index in [0.29, 0.717) is 6.54 Å². The standard InChI is InChI=1S/C14H21N3O4/c1-15-7-4-8-16-11(14(20)21)9-13(19)17-10-5-2-3-6-12(10)18/h2-3,5-6,11,15-16,18H,4,7-9H2,1H3,(H,17,19)(H,20,21)/p+1/t11-/m0/s1. The number of nitrogens with one attached hydrogen (secondary N) is 1. The van der Waals surface area contributed by atoms with E-state index < -0.39 is 17.9 Å². The van der Waals surface area contributed by atoms with Crippen molar-refractivity contribution in [2.75, 3.05) is 25.5 Å². The molecule has 1 amide bonds. The molecule has 7 nitrogen and oxygen atoms in total. The van der Waals surface area contributed by atoms with E-state index in [1.165, 1.54) is 6.07 Å². The van der Waals surface area contributed by atoms with Gasteiger partial charge < -0.3 is 31.0 Å². The molecule has 0 bridgehead atoms. The van der Waals surface area contributed by atoms with Crippen LogP contribution in [-0.4, -0.2) is 43.2 Å². The van der Waals surface area contributed by atoms with Gasteiger partial charge in [-0.3, -0.25) is 4.79 Å². The van der Waals surface area contributed by atoms with Crippen LogP contribution in [0.25, 0.3) is 0 Å². The summed E-state index contributed by atoms with van der Waals surface area (Å²) in [5.74, 6) is -1.79. The Hall–Kier alpha value is -2.12. The van der Waals surface area contributed by atoms with Gasteiger partial charge in [0.2, 0.25) is 5.91 Å². The average molecular weight is 296 g/mol. The highest BCUT2D eigenvalue weighted by Gasteiger charge is 2.18. The summed E-state index contributed by atoms with van der Waals surface area (Å²) in [5, 5.41) is 26.7. The van der Waals surface area contributed by atoms with Crippen LogP contribution in [0, 0.1) is 0 Å². The number of rotatable bonds is 9. The van der Waals surface area contributed by atoms with Crippen LogP contribution in [0.3, 0.4) is 0 Å². The molecule has 6 N–H and O–H groups in total. The van der Waals surface area contributed by atoms with E-state index in [1.807, 2.05) is 12.4 Å². The van der Waals surface area contributed by atoms with Gasteiger partial charge in [-0.2, -0.15) is 0 Å². The summed E-state index contributed by atoms with van der Waals surface area (Å²) in [4.78, 5) is 22.9. The molecule has 0 saturated carbocycles. The molecule has 0 fully saturated rings. The third-order valence-corrected chi connectivity index (χ3v) is 3.03. The maximum absolute atomic E-state index is 11.8. The largest absolute Gasteiger partial charge is 0.544 e. The van der Waals surface area contributed by atoms with Crippen LogP contribution in [0.5, 0.6) is 5.75 Å². The highest BCUT2D eigenvalue weighted by molar-refractivity contribution is 5.94. The molecule has 0 radical (unpaired) electrons. The Morgan fingerprint density at radius 2 is 2.05 bits per heavy atom. The Morgan fingerprint density at radius 3 is 2.67 bits per heavy atom. The van der Waals surface area contributed by atoms with Crippen molar-refractivity contribution >= 4 is 17.6 Å². The van der Waals surface area contributed by atoms with Crippen molar-refractivity contribution in [2.24, 2.45) is 0 Å². The van der Waals surface area contributed by atoms with E-state index in [2.05, 4.69) is 5.32 Å². The summed E-state index contributed by atoms with van der Waals surface area (Å²) >= 11 is 0. The molecule has 0 unspecified atom stereocenters. The average Bonchev–Trinajstić information content (AvgIpc) is 2.44. The number of benzene rings is 1. The van der Waals surface area contributed by atoms with Crippen LogP contribution in [0.4, 0.5) is 5.69 Å². The first-order valence-electron chi connectivity index (χ1n) is 6.94. The molecule has 0 aliphatic heterocycles. The van der Waals surface area contributed by atoms with Gasteiger partial charge in [0.15, 0.2) is 0 Å². The molecule has 1 aromatic rings. The monoisotopic (exact) mass is 296 g/mol. The molecule has 21 heavy (non-hydrogen) atoms. The van der Waals surface area contributed by atoms with Gasteiger partial charge in [0.25, 0.3) is 0 Å². The van der Waals surface area contributed by atoms with Crippen molar-refractivity contribution in [1.29, 1.82) is 0 Å². The Kier molecular flexibility index (Phi) is 7.20. The number of carbonyl (C=O) groups excluding carboxylic acids is 2. The first-order chi connectivity index (χ1) is 10.0. The second kappa shape index (κ2) is 8.93. The van der Waals surface area contributed by atoms with E-state index in [0.717, 1.165) is 13.0 Å². The first-order valence-corrected chi connectivity index (χ1v) is 6.94. The first kappa shape index (κ1) is 16.9. The van der Waals surface area contributed by atoms with Gasteiger partial charge in [-0.25, -0.2) is 0 Å². The van der Waals surface area contributed by atoms with Crippen LogP contribution in [0.2, 0.25) is 0 Å². The van der Waals surface area contributed by atoms with Crippen LogP contribution in [-0.2, 0) is 9.59 Å². The number of phenolic OH excluding ortho intramolecular Hbond substituents is 1. The quantitative estimate of drug-likeness (QED) is 0.286. The topological polar surface area (TPSA) is 123 Å². The van der Waals surface area contributed by atoms with E-state index >= 15 is 0 Å². The van der Waals surface area contributed by atoms with E-state index in [4.69, 9.17) is 0 Å². The number of para-hydroxylation sites is 2. The van der Waals surface area contributed by atoms with Gasteiger partial charge in [-0.1, -0.05) is 12.1 Å². The van der Waals surface area contributed by atoms with Crippen molar-refractivity contribution in [3.8, 4) is 5.75 Å². The summed E-state index contributed by atoms with van der Waals surface area (Å²) in [7, 11) is 1.94. The molecule has 7 heteroatoms. The van der Waals surface area contributed by atoms with E-state index in [1.54, 1.807) is 23.5 Å². The molecule has 0 saturated heterocycles. The maximum atomic E-state index is 11.8. The van der Waals surface area contributed by atoms with Gasteiger partial charge in [0, 0.05) is 6.42 Å². The normalized spacial score (nSPS) is 11.9. The van der Waals surface area contributed by atoms with Gasteiger partial charge in [-0.15, -0.1) is 0 Å². The third-order valence-electron chi connectivity index (χ3n) is 3.03. The molecule has 0 aliphatic rings. The van der Waals surface area contributed by atoms with E-state index in [-0.39, 0.29) is 17.9 Å². The minimum atomic E-state index is -1.26. The van der Waals surface area contributed by atoms with Crippen molar-refractivity contribution in [2.45, 2.75) is 18.9 Å². The molecule has 0 spiro atoms. The minimum Gasteiger partial charge on any atom is -0.544 e. The van der Waals surface area contributed by atoms with Crippen molar-refractivity contribution < 1.29 is 30.4 Å². The van der Waals surface area contributed by atoms with Gasteiger partial charge in [-0.05, 0) is 12.1 Å². The van der Waals surface area contributed by atoms with Crippen LogP contribution < -0.4 is 21.1 Å². The highest BCUT2D eigenvalue weighted by atomic mass is 16.4. The van der Waals surface area contributed by atoms with Gasteiger partial charge in [0.05, 0.1) is 38.2 Å². The molecule has 0 heterocycles. The molecular weight excluding hydrogens is 274 g/mol. The van der Waals surface area contributed by atoms with Crippen LogP contribution >= 0.6 is 0 Å². The number of hydrogen-bond donors (Lipinski definition) is 4. The lowest BCUT2D eigenvalue weighted by atomic mass is 10.2. The third kappa shape index (κ3) is 6.24. The zero-order valence-corrected chi connectivity index (χ0v) is 12.0. The summed E-state index contributed by atoms with van der Waals surface area (Å²) in [5.41, 5.74) is 0.264. The van der Waals surface area contributed by atoms with Crippen LogP contribution in [0.15, 0.2) is 24.3 Å². The predicted octanol–water partition coefficient (Wildman–Crippen LogP) is -3.01. The second-order valence-corrected chi connectivity index (χ2v) is 4.77.